The molecule has 1 saturated carbocycles. The zero-order valence-electron chi connectivity index (χ0n) is 13.8. The summed E-state index contributed by atoms with van der Waals surface area (Å²) >= 11 is 0. The Morgan fingerprint density at radius 1 is 1.14 bits per heavy atom. The molecule has 1 aliphatic rings. The van der Waals surface area contributed by atoms with Crippen LogP contribution in [0.1, 0.15) is 51.0 Å². The van der Waals surface area contributed by atoms with Crippen molar-refractivity contribution in [2.45, 2.75) is 51.5 Å². The van der Waals surface area contributed by atoms with Gasteiger partial charge in [-0.25, -0.2) is 0 Å². The molecule has 0 heterocycles. The van der Waals surface area contributed by atoms with Gasteiger partial charge in [-0.1, -0.05) is 26.7 Å². The summed E-state index contributed by atoms with van der Waals surface area (Å²) < 4.78 is 11.0. The maximum atomic E-state index is 5.60. The third kappa shape index (κ3) is 4.13. The summed E-state index contributed by atoms with van der Waals surface area (Å²) in [7, 11) is 3.49. The normalized spacial score (nSPS) is 22.3. The molecule has 1 aromatic rings. The first kappa shape index (κ1) is 16.2. The van der Waals surface area contributed by atoms with E-state index in [9.17, 15) is 0 Å². The molecule has 2 atom stereocenters. The predicted molar refractivity (Wildman–Crippen MR) is 87.4 cm³/mol. The molecule has 0 aliphatic heterocycles. The number of rotatable bonds is 6. The van der Waals surface area contributed by atoms with Crippen LogP contribution in [0.3, 0.4) is 0 Å². The van der Waals surface area contributed by atoms with E-state index in [-0.39, 0.29) is 0 Å². The smallest absolute Gasteiger partial charge is 0.122 e. The molecular weight excluding hydrogens is 262 g/mol. The molecule has 0 radical (unpaired) electrons. The van der Waals surface area contributed by atoms with Crippen LogP contribution in [0.5, 0.6) is 11.5 Å². The standard InChI is InChI=1S/C18H29NO2/c1-13(2)19-12-14-7-5-6-8-16(14)17-11-15(20-3)9-10-18(17)21-4/h9-11,13-14,16,19H,5-8,12H2,1-4H3. The fourth-order valence-corrected chi connectivity index (χ4v) is 3.38. The highest BCUT2D eigenvalue weighted by Gasteiger charge is 2.28. The van der Waals surface area contributed by atoms with Crippen molar-refractivity contribution in [1.82, 2.24) is 5.32 Å². The van der Waals surface area contributed by atoms with Crippen molar-refractivity contribution in [3.63, 3.8) is 0 Å². The van der Waals surface area contributed by atoms with Gasteiger partial charge < -0.3 is 14.8 Å². The molecule has 3 heteroatoms. The van der Waals surface area contributed by atoms with Gasteiger partial charge in [-0.15, -0.1) is 0 Å². The van der Waals surface area contributed by atoms with Crippen molar-refractivity contribution in [2.75, 3.05) is 20.8 Å². The van der Waals surface area contributed by atoms with Crippen molar-refractivity contribution in [3.8, 4) is 11.5 Å². The van der Waals surface area contributed by atoms with E-state index < -0.39 is 0 Å². The number of benzene rings is 1. The molecule has 0 bridgehead atoms. The van der Waals surface area contributed by atoms with Crippen LogP contribution in [0.4, 0.5) is 0 Å². The lowest BCUT2D eigenvalue weighted by Crippen LogP contribution is -2.33. The summed E-state index contributed by atoms with van der Waals surface area (Å²) in [6.07, 6.45) is 5.19. The van der Waals surface area contributed by atoms with Gasteiger partial charge in [0.05, 0.1) is 14.2 Å². The van der Waals surface area contributed by atoms with Gasteiger partial charge in [-0.3, -0.25) is 0 Å². The maximum Gasteiger partial charge on any atom is 0.122 e. The zero-order chi connectivity index (χ0) is 15.2. The van der Waals surface area contributed by atoms with Gasteiger partial charge in [0.1, 0.15) is 11.5 Å². The predicted octanol–water partition coefficient (Wildman–Crippen LogP) is 3.98. The molecular formula is C18H29NO2. The minimum Gasteiger partial charge on any atom is -0.497 e. The summed E-state index contributed by atoms with van der Waals surface area (Å²) in [5.41, 5.74) is 1.31. The van der Waals surface area contributed by atoms with Crippen molar-refractivity contribution in [1.29, 1.82) is 0 Å². The van der Waals surface area contributed by atoms with Crippen LogP contribution in [0, 0.1) is 5.92 Å². The molecule has 21 heavy (non-hydrogen) atoms. The maximum absolute atomic E-state index is 5.60. The van der Waals surface area contributed by atoms with Gasteiger partial charge in [0.15, 0.2) is 0 Å². The Labute approximate surface area is 129 Å². The quantitative estimate of drug-likeness (QED) is 0.860. The SMILES string of the molecule is COc1ccc(OC)c(C2CCCCC2CNC(C)C)c1. The van der Waals surface area contributed by atoms with E-state index in [4.69, 9.17) is 9.47 Å². The highest BCUT2D eigenvalue weighted by molar-refractivity contribution is 5.43. The van der Waals surface area contributed by atoms with Gasteiger partial charge in [-0.2, -0.15) is 0 Å². The molecule has 0 saturated heterocycles. The number of hydrogen-bond acceptors (Lipinski definition) is 3. The molecule has 1 fully saturated rings. The van der Waals surface area contributed by atoms with Crippen LogP contribution >= 0.6 is 0 Å². The van der Waals surface area contributed by atoms with Crippen molar-refractivity contribution >= 4 is 0 Å². The largest absolute Gasteiger partial charge is 0.497 e. The Balaban J connectivity index is 2.23. The summed E-state index contributed by atoms with van der Waals surface area (Å²) in [6, 6.07) is 6.72. The Kier molecular flexibility index (Phi) is 5.92. The summed E-state index contributed by atoms with van der Waals surface area (Å²) in [5, 5.41) is 3.61. The van der Waals surface area contributed by atoms with Crippen molar-refractivity contribution in [3.05, 3.63) is 23.8 Å². The first-order chi connectivity index (χ1) is 10.2. The fraction of sp³-hybridized carbons (Fsp3) is 0.667. The zero-order valence-corrected chi connectivity index (χ0v) is 13.8. The second kappa shape index (κ2) is 7.69. The summed E-state index contributed by atoms with van der Waals surface area (Å²) in [5.74, 6) is 3.17. The average molecular weight is 291 g/mol. The van der Waals surface area contributed by atoms with Crippen LogP contribution in [0.15, 0.2) is 18.2 Å². The van der Waals surface area contributed by atoms with Gasteiger partial charge in [0, 0.05) is 11.6 Å². The number of ether oxygens (including phenoxy) is 2. The molecule has 1 aromatic carbocycles. The van der Waals surface area contributed by atoms with E-state index in [2.05, 4.69) is 25.2 Å². The molecule has 1 aliphatic carbocycles. The monoisotopic (exact) mass is 291 g/mol. The summed E-state index contributed by atoms with van der Waals surface area (Å²) in [4.78, 5) is 0. The van der Waals surface area contributed by atoms with Gasteiger partial charge in [-0.05, 0) is 49.4 Å². The van der Waals surface area contributed by atoms with Gasteiger partial charge >= 0.3 is 0 Å². The highest BCUT2D eigenvalue weighted by Crippen LogP contribution is 2.42. The van der Waals surface area contributed by atoms with E-state index in [0.717, 1.165) is 18.0 Å². The second-order valence-electron chi connectivity index (χ2n) is 6.32. The lowest BCUT2D eigenvalue weighted by atomic mass is 9.75. The molecule has 3 nitrogen and oxygen atoms in total. The first-order valence-electron chi connectivity index (χ1n) is 8.11. The van der Waals surface area contributed by atoms with E-state index >= 15 is 0 Å². The third-order valence-electron chi connectivity index (χ3n) is 4.53. The van der Waals surface area contributed by atoms with Crippen molar-refractivity contribution < 1.29 is 9.47 Å². The Bertz CT molecular complexity index is 445. The van der Waals surface area contributed by atoms with Crippen LogP contribution in [0.25, 0.3) is 0 Å². The Morgan fingerprint density at radius 3 is 2.57 bits per heavy atom. The van der Waals surface area contributed by atoms with E-state index in [1.54, 1.807) is 14.2 Å². The van der Waals surface area contributed by atoms with Crippen LogP contribution in [-0.2, 0) is 0 Å². The minimum atomic E-state index is 0.541. The first-order valence-corrected chi connectivity index (χ1v) is 8.11. The number of methoxy groups -OCH3 is 2. The van der Waals surface area contributed by atoms with Gasteiger partial charge in [0.2, 0.25) is 0 Å². The van der Waals surface area contributed by atoms with Crippen LogP contribution in [-0.4, -0.2) is 26.8 Å². The molecule has 0 aromatic heterocycles. The number of hydrogen-bond donors (Lipinski definition) is 1. The molecule has 0 spiro atoms. The molecule has 0 amide bonds. The molecule has 2 unspecified atom stereocenters. The van der Waals surface area contributed by atoms with Crippen molar-refractivity contribution in [2.24, 2.45) is 5.92 Å². The second-order valence-corrected chi connectivity index (χ2v) is 6.32. The van der Waals surface area contributed by atoms with Crippen LogP contribution < -0.4 is 14.8 Å². The third-order valence-corrected chi connectivity index (χ3v) is 4.53. The van der Waals surface area contributed by atoms with Gasteiger partial charge in [0.25, 0.3) is 0 Å². The molecule has 1 N–H and O–H groups in total. The van der Waals surface area contributed by atoms with E-state index in [1.807, 2.05) is 12.1 Å². The molecule has 118 valence electrons. The minimum absolute atomic E-state index is 0.541. The Hall–Kier alpha value is -1.22. The van der Waals surface area contributed by atoms with E-state index in [1.165, 1.54) is 31.2 Å². The Morgan fingerprint density at radius 2 is 1.90 bits per heavy atom. The lowest BCUT2D eigenvalue weighted by Gasteiger charge is -2.33. The highest BCUT2D eigenvalue weighted by atomic mass is 16.5. The topological polar surface area (TPSA) is 30.5 Å². The number of nitrogens with one attached hydrogen (secondary N) is 1. The lowest BCUT2D eigenvalue weighted by molar-refractivity contribution is 0.281. The summed E-state index contributed by atoms with van der Waals surface area (Å²) in [6.45, 7) is 5.51. The van der Waals surface area contributed by atoms with Crippen LogP contribution in [0.2, 0.25) is 0 Å². The van der Waals surface area contributed by atoms with E-state index in [0.29, 0.717) is 17.9 Å². The fourth-order valence-electron chi connectivity index (χ4n) is 3.38. The average Bonchev–Trinajstić information content (AvgIpc) is 2.52. The molecule has 2 rings (SSSR count).